The summed E-state index contributed by atoms with van der Waals surface area (Å²) in [6, 6.07) is 0. The average molecular weight is 293 g/mol. The Hall–Kier alpha value is -0.970. The van der Waals surface area contributed by atoms with Gasteiger partial charge in [-0.3, -0.25) is 0 Å². The van der Waals surface area contributed by atoms with Gasteiger partial charge in [-0.1, -0.05) is 76.9 Å². The zero-order valence-corrected chi connectivity index (χ0v) is 14.1. The lowest BCUT2D eigenvalue weighted by atomic mass is 10.1. The summed E-state index contributed by atoms with van der Waals surface area (Å²) in [5.41, 5.74) is 0. The van der Waals surface area contributed by atoms with Crippen molar-refractivity contribution >= 4 is 0 Å². The number of rotatable bonds is 16. The van der Waals surface area contributed by atoms with Gasteiger partial charge in [0.15, 0.2) is 0 Å². The van der Waals surface area contributed by atoms with Crippen LogP contribution in [0.15, 0.2) is 12.2 Å². The van der Waals surface area contributed by atoms with Gasteiger partial charge in [-0.25, -0.2) is 0 Å². The molecule has 0 radical (unpaired) electrons. The predicted octanol–water partition coefficient (Wildman–Crippen LogP) is 6.52. The van der Waals surface area contributed by atoms with Crippen molar-refractivity contribution in [3.05, 3.63) is 12.2 Å². The maximum Gasteiger partial charge on any atom is 0.286 e. The quantitative estimate of drug-likeness (QED) is 0.184. The third kappa shape index (κ3) is 19.0. The van der Waals surface area contributed by atoms with Gasteiger partial charge >= 0.3 is 0 Å². The number of nitrogens with zero attached hydrogens (tertiary/aromatic N) is 1. The minimum Gasteiger partial charge on any atom is -0.428 e. The minimum atomic E-state index is 0.595. The highest BCUT2D eigenvalue weighted by Crippen LogP contribution is 2.09. The Morgan fingerprint density at radius 2 is 1.19 bits per heavy atom. The summed E-state index contributed by atoms with van der Waals surface area (Å²) in [7, 11) is 0. The maximum absolute atomic E-state index is 8.21. The zero-order chi connectivity index (χ0) is 15.4. The van der Waals surface area contributed by atoms with E-state index in [9.17, 15) is 0 Å². The summed E-state index contributed by atoms with van der Waals surface area (Å²) in [4.78, 5) is 0. The molecule has 0 saturated heterocycles. The highest BCUT2D eigenvalue weighted by Gasteiger charge is 1.91. The van der Waals surface area contributed by atoms with E-state index in [2.05, 4.69) is 23.8 Å². The molecule has 0 saturated carbocycles. The molecule has 0 fully saturated rings. The molecule has 0 atom stereocenters. The highest BCUT2D eigenvalue weighted by molar-refractivity contribution is 4.81. The van der Waals surface area contributed by atoms with Gasteiger partial charge in [0.1, 0.15) is 6.61 Å². The molecular weight excluding hydrogens is 258 g/mol. The molecule has 0 aromatic rings. The van der Waals surface area contributed by atoms with Crippen LogP contribution in [0.3, 0.4) is 0 Å². The molecule has 2 nitrogen and oxygen atoms in total. The largest absolute Gasteiger partial charge is 0.428 e. The lowest BCUT2D eigenvalue weighted by molar-refractivity contribution is 0.260. The van der Waals surface area contributed by atoms with Crippen LogP contribution in [0.4, 0.5) is 0 Å². The van der Waals surface area contributed by atoms with Crippen LogP contribution in [0.1, 0.15) is 96.8 Å². The number of ether oxygens (including phenoxy) is 1. The molecule has 0 aliphatic rings. The van der Waals surface area contributed by atoms with E-state index in [4.69, 9.17) is 5.26 Å². The number of allylic oxidation sites excluding steroid dienone is 2. The number of nitriles is 1. The molecular formula is C19H35NO. The molecule has 0 heterocycles. The summed E-state index contributed by atoms with van der Waals surface area (Å²) in [6.07, 6.45) is 24.8. The second kappa shape index (κ2) is 19.0. The second-order valence-electron chi connectivity index (χ2n) is 5.88. The Morgan fingerprint density at radius 3 is 1.71 bits per heavy atom. The molecule has 0 aliphatic carbocycles. The van der Waals surface area contributed by atoms with E-state index in [1.165, 1.54) is 83.5 Å². The fourth-order valence-electron chi connectivity index (χ4n) is 2.47. The Balaban J connectivity index is 3.04. The summed E-state index contributed by atoms with van der Waals surface area (Å²) >= 11 is 0. The molecule has 0 N–H and O–H groups in total. The van der Waals surface area contributed by atoms with Crippen LogP contribution in [0.5, 0.6) is 0 Å². The van der Waals surface area contributed by atoms with Crippen LogP contribution in [0, 0.1) is 11.5 Å². The molecule has 0 spiro atoms. The van der Waals surface area contributed by atoms with Crippen molar-refractivity contribution in [2.24, 2.45) is 0 Å². The smallest absolute Gasteiger partial charge is 0.286 e. The Morgan fingerprint density at radius 1 is 0.714 bits per heavy atom. The first-order valence-corrected chi connectivity index (χ1v) is 9.07. The Bertz CT molecular complexity index is 255. The normalized spacial score (nSPS) is 10.9. The van der Waals surface area contributed by atoms with Crippen LogP contribution < -0.4 is 0 Å². The summed E-state index contributed by atoms with van der Waals surface area (Å²) in [5.74, 6) is 0. The van der Waals surface area contributed by atoms with Crippen molar-refractivity contribution in [1.29, 1.82) is 5.26 Å². The number of unbranched alkanes of at least 4 members (excludes halogenated alkanes) is 12. The van der Waals surface area contributed by atoms with Crippen molar-refractivity contribution in [3.8, 4) is 6.26 Å². The molecule has 0 aromatic carbocycles. The lowest BCUT2D eigenvalue weighted by Gasteiger charge is -2.00. The van der Waals surface area contributed by atoms with Crippen LogP contribution in [-0.2, 0) is 4.74 Å². The van der Waals surface area contributed by atoms with E-state index in [0.29, 0.717) is 6.61 Å². The maximum atomic E-state index is 8.21. The molecule has 0 bridgehead atoms. The van der Waals surface area contributed by atoms with Gasteiger partial charge in [0.2, 0.25) is 0 Å². The van der Waals surface area contributed by atoms with E-state index < -0.39 is 0 Å². The van der Waals surface area contributed by atoms with Gasteiger partial charge in [-0.15, -0.1) is 0 Å². The molecule has 0 aliphatic heterocycles. The molecule has 0 rings (SSSR count). The first-order valence-electron chi connectivity index (χ1n) is 9.07. The van der Waals surface area contributed by atoms with Gasteiger partial charge in [-0.05, 0) is 32.1 Å². The standard InChI is InChI=1S/C19H35NO/c1-2-3-4-5-6-7-8-9-10-11-12-13-14-15-16-17-18-21-19-20/h9-10H,2-8,11-18H2,1H3. The van der Waals surface area contributed by atoms with Crippen molar-refractivity contribution < 1.29 is 4.74 Å². The van der Waals surface area contributed by atoms with E-state index >= 15 is 0 Å². The second-order valence-corrected chi connectivity index (χ2v) is 5.88. The summed E-state index contributed by atoms with van der Waals surface area (Å²) in [5, 5.41) is 8.21. The third-order valence-corrected chi connectivity index (χ3v) is 3.82. The zero-order valence-electron chi connectivity index (χ0n) is 14.1. The van der Waals surface area contributed by atoms with Gasteiger partial charge in [-0.2, -0.15) is 5.26 Å². The predicted molar refractivity (Wildman–Crippen MR) is 91.0 cm³/mol. The fourth-order valence-corrected chi connectivity index (χ4v) is 2.47. The van der Waals surface area contributed by atoms with Crippen LogP contribution >= 0.6 is 0 Å². The van der Waals surface area contributed by atoms with Crippen LogP contribution in [-0.4, -0.2) is 6.61 Å². The molecule has 0 aromatic heterocycles. The first kappa shape index (κ1) is 20.0. The molecule has 2 heteroatoms. The van der Waals surface area contributed by atoms with Crippen molar-refractivity contribution in [2.45, 2.75) is 96.8 Å². The van der Waals surface area contributed by atoms with Gasteiger partial charge in [0, 0.05) is 0 Å². The highest BCUT2D eigenvalue weighted by atomic mass is 16.5. The van der Waals surface area contributed by atoms with E-state index in [0.717, 1.165) is 6.42 Å². The van der Waals surface area contributed by atoms with Gasteiger partial charge < -0.3 is 4.74 Å². The van der Waals surface area contributed by atoms with Crippen molar-refractivity contribution in [2.75, 3.05) is 6.61 Å². The van der Waals surface area contributed by atoms with Gasteiger partial charge in [0.05, 0.1) is 0 Å². The van der Waals surface area contributed by atoms with Crippen LogP contribution in [0.25, 0.3) is 0 Å². The van der Waals surface area contributed by atoms with E-state index in [1.807, 2.05) is 0 Å². The summed E-state index contributed by atoms with van der Waals surface area (Å²) < 4.78 is 4.65. The summed E-state index contributed by atoms with van der Waals surface area (Å²) in [6.45, 7) is 2.86. The molecule has 0 amide bonds. The van der Waals surface area contributed by atoms with Crippen molar-refractivity contribution in [1.82, 2.24) is 0 Å². The number of hydrogen-bond acceptors (Lipinski definition) is 2. The van der Waals surface area contributed by atoms with E-state index in [-0.39, 0.29) is 0 Å². The molecule has 0 unspecified atom stereocenters. The first-order chi connectivity index (χ1) is 10.4. The third-order valence-electron chi connectivity index (χ3n) is 3.82. The molecule has 21 heavy (non-hydrogen) atoms. The lowest BCUT2D eigenvalue weighted by Crippen LogP contribution is -1.87. The number of hydrogen-bond donors (Lipinski definition) is 0. The Labute approximate surface area is 132 Å². The minimum absolute atomic E-state index is 0.595. The fraction of sp³-hybridized carbons (Fsp3) is 0.842. The molecule has 122 valence electrons. The monoisotopic (exact) mass is 293 g/mol. The van der Waals surface area contributed by atoms with Gasteiger partial charge in [0.25, 0.3) is 6.26 Å². The van der Waals surface area contributed by atoms with E-state index in [1.54, 1.807) is 6.26 Å². The van der Waals surface area contributed by atoms with Crippen LogP contribution in [0.2, 0.25) is 0 Å². The topological polar surface area (TPSA) is 33.0 Å². The average Bonchev–Trinajstić information content (AvgIpc) is 2.50. The van der Waals surface area contributed by atoms with Crippen molar-refractivity contribution in [3.63, 3.8) is 0 Å². The Kier molecular flexibility index (Phi) is 18.2. The SMILES string of the molecule is CCCCCCCCC=CCCCCCCCCOC#N.